The Hall–Kier alpha value is -2.12. The van der Waals surface area contributed by atoms with E-state index in [1.807, 2.05) is 0 Å². The maximum absolute atomic E-state index is 12.2. The Kier molecular flexibility index (Phi) is 5.15. The van der Waals surface area contributed by atoms with Gasteiger partial charge in [0.1, 0.15) is 22.4 Å². The van der Waals surface area contributed by atoms with Crippen LogP contribution in [0.5, 0.6) is 0 Å². The predicted molar refractivity (Wildman–Crippen MR) is 73.6 cm³/mol. The molecule has 2 aliphatic heterocycles. The van der Waals surface area contributed by atoms with Gasteiger partial charge in [0.2, 0.25) is 0 Å². The van der Waals surface area contributed by atoms with Gasteiger partial charge in [0, 0.05) is 6.20 Å². The fourth-order valence-corrected chi connectivity index (χ4v) is 3.66. The van der Waals surface area contributed by atoms with Crippen molar-refractivity contribution in [1.82, 2.24) is 9.88 Å². The molecule has 0 radical (unpaired) electrons. The third-order valence-electron chi connectivity index (χ3n) is 3.33. The topological polar surface area (TPSA) is 131 Å². The van der Waals surface area contributed by atoms with Gasteiger partial charge in [-0.3, -0.25) is 19.5 Å². The average molecular weight is 351 g/mol. The van der Waals surface area contributed by atoms with Crippen LogP contribution >= 0.6 is 0 Å². The van der Waals surface area contributed by atoms with Crippen LogP contribution in [0.1, 0.15) is 5.69 Å². The van der Waals surface area contributed by atoms with Crippen LogP contribution in [-0.4, -0.2) is 36.5 Å². The zero-order chi connectivity index (χ0) is 16.7. The minimum atomic E-state index is -2.27. The number of hydrogen-bond acceptors (Lipinski definition) is 7. The van der Waals surface area contributed by atoms with Gasteiger partial charge in [-0.25, -0.2) is 4.21 Å². The fourth-order valence-electron chi connectivity index (χ4n) is 2.33. The van der Waals surface area contributed by atoms with E-state index in [1.165, 1.54) is 18.3 Å². The molecule has 0 spiro atoms. The molecule has 1 aromatic heterocycles. The first kappa shape index (κ1) is 18.2. The van der Waals surface area contributed by atoms with Gasteiger partial charge in [0.15, 0.2) is 5.37 Å². The largest absolute Gasteiger partial charge is 1.00 e. The van der Waals surface area contributed by atoms with Crippen molar-refractivity contribution in [3.63, 3.8) is 0 Å². The smallest absolute Gasteiger partial charge is 0.543 e. The van der Waals surface area contributed by atoms with Crippen LogP contribution < -0.4 is 34.7 Å². The SMILES string of the molecule is N#CC1=C(C(=O)[O-])N2C(=O)/C(=C/c3ccccn3)[C@@H]2S(=O)C1=O.[Na+]. The van der Waals surface area contributed by atoms with Gasteiger partial charge in [-0.05, 0) is 18.2 Å². The Balaban J connectivity index is 0.00000208. The first-order valence-corrected chi connectivity index (χ1v) is 7.45. The van der Waals surface area contributed by atoms with Gasteiger partial charge in [0.25, 0.3) is 11.0 Å². The van der Waals surface area contributed by atoms with Gasteiger partial charge in [-0.15, -0.1) is 0 Å². The minimum Gasteiger partial charge on any atom is -0.543 e. The molecule has 2 aliphatic rings. The molecule has 0 aromatic carbocycles. The Bertz CT molecular complexity index is 887. The minimum absolute atomic E-state index is 0. The molecule has 2 atom stereocenters. The standard InChI is InChI=1S/C14H7N3O5S.Na/c15-6-9-10(13(19)20)17-11(18)8(12(17)23(22)14(9)21)5-7-3-1-2-4-16-7;/h1-5,12H,(H,19,20);/q;+1/p-1/b8-5-;/t12-,23?;/m0./s1. The van der Waals surface area contributed by atoms with Crippen molar-refractivity contribution in [1.29, 1.82) is 5.26 Å². The molecule has 0 saturated carbocycles. The van der Waals surface area contributed by atoms with E-state index < -0.39 is 44.4 Å². The molecule has 8 nitrogen and oxygen atoms in total. The molecule has 1 fully saturated rings. The summed E-state index contributed by atoms with van der Waals surface area (Å²) < 4.78 is 12.2. The van der Waals surface area contributed by atoms with E-state index in [4.69, 9.17) is 5.26 Å². The molecule has 0 aliphatic carbocycles. The van der Waals surface area contributed by atoms with E-state index in [1.54, 1.807) is 18.2 Å². The van der Waals surface area contributed by atoms with E-state index in [-0.39, 0.29) is 35.1 Å². The molecule has 114 valence electrons. The van der Waals surface area contributed by atoms with Gasteiger partial charge in [-0.1, -0.05) is 6.07 Å². The molecule has 3 heterocycles. The number of rotatable bonds is 2. The first-order chi connectivity index (χ1) is 11.0. The van der Waals surface area contributed by atoms with Crippen molar-refractivity contribution < 1.29 is 53.3 Å². The molecule has 24 heavy (non-hydrogen) atoms. The number of carboxylic acid groups (broad SMARTS) is 1. The molecule has 1 amide bonds. The summed E-state index contributed by atoms with van der Waals surface area (Å²) in [5, 5.41) is 17.7. The molecule has 0 bridgehead atoms. The monoisotopic (exact) mass is 351 g/mol. The van der Waals surface area contributed by atoms with Crippen LogP contribution in [0.3, 0.4) is 0 Å². The Morgan fingerprint density at radius 3 is 2.67 bits per heavy atom. The van der Waals surface area contributed by atoms with Crippen LogP contribution in [0.2, 0.25) is 0 Å². The normalized spacial score (nSPS) is 24.0. The Morgan fingerprint density at radius 1 is 1.42 bits per heavy atom. The second-order valence-corrected chi connectivity index (χ2v) is 6.00. The van der Waals surface area contributed by atoms with E-state index >= 15 is 0 Å². The summed E-state index contributed by atoms with van der Waals surface area (Å²) in [5.74, 6) is -2.60. The third kappa shape index (κ3) is 2.63. The molecular weight excluding hydrogens is 345 g/mol. The summed E-state index contributed by atoms with van der Waals surface area (Å²) in [6, 6.07) is 6.30. The number of carbonyl (C=O) groups excluding carboxylic acids is 3. The van der Waals surface area contributed by atoms with Crippen molar-refractivity contribution in [3.8, 4) is 6.07 Å². The number of nitrogens with zero attached hydrogens (tertiary/aromatic N) is 3. The van der Waals surface area contributed by atoms with Gasteiger partial charge in [-0.2, -0.15) is 5.26 Å². The summed E-state index contributed by atoms with van der Waals surface area (Å²) in [6.07, 6.45) is 2.82. The second kappa shape index (κ2) is 6.78. The van der Waals surface area contributed by atoms with Crippen LogP contribution in [-0.2, 0) is 25.2 Å². The van der Waals surface area contributed by atoms with Crippen LogP contribution in [0, 0.1) is 11.3 Å². The van der Waals surface area contributed by atoms with Crippen LogP contribution in [0.4, 0.5) is 0 Å². The summed E-state index contributed by atoms with van der Waals surface area (Å²) >= 11 is 0. The summed E-state index contributed by atoms with van der Waals surface area (Å²) in [5.41, 5.74) is -1.30. The first-order valence-electron chi connectivity index (χ1n) is 6.24. The quantitative estimate of drug-likeness (QED) is 0.298. The number of amides is 1. The molecule has 1 saturated heterocycles. The Labute approximate surface area is 160 Å². The van der Waals surface area contributed by atoms with Crippen molar-refractivity contribution in [2.24, 2.45) is 0 Å². The summed E-state index contributed by atoms with van der Waals surface area (Å²) in [7, 11) is -2.27. The molecule has 1 unspecified atom stereocenters. The summed E-state index contributed by atoms with van der Waals surface area (Å²) in [6.45, 7) is 0. The van der Waals surface area contributed by atoms with Crippen LogP contribution in [0.25, 0.3) is 6.08 Å². The third-order valence-corrected chi connectivity index (χ3v) is 4.77. The zero-order valence-electron chi connectivity index (χ0n) is 12.3. The van der Waals surface area contributed by atoms with Crippen LogP contribution in [0.15, 0.2) is 41.2 Å². The predicted octanol–water partition coefficient (Wildman–Crippen LogP) is -4.55. The fraction of sp³-hybridized carbons (Fsp3) is 0.0714. The summed E-state index contributed by atoms with van der Waals surface area (Å²) in [4.78, 5) is 39.9. The number of β-lactam (4-membered cyclic amide) rings is 1. The number of carboxylic acids is 1. The van der Waals surface area contributed by atoms with Crippen molar-refractivity contribution in [2.45, 2.75) is 5.37 Å². The number of aliphatic carboxylic acids is 1. The number of carbonyl (C=O) groups is 3. The Morgan fingerprint density at radius 2 is 2.12 bits per heavy atom. The number of hydrogen-bond donors (Lipinski definition) is 0. The van der Waals surface area contributed by atoms with E-state index in [0.717, 1.165) is 0 Å². The van der Waals surface area contributed by atoms with E-state index in [0.29, 0.717) is 10.6 Å². The van der Waals surface area contributed by atoms with Gasteiger partial charge >= 0.3 is 29.6 Å². The number of pyridine rings is 1. The van der Waals surface area contributed by atoms with E-state index in [2.05, 4.69) is 4.98 Å². The van der Waals surface area contributed by atoms with Gasteiger partial charge in [0.05, 0.1) is 22.9 Å². The second-order valence-electron chi connectivity index (χ2n) is 4.59. The number of fused-ring (bicyclic) bond motifs is 1. The molecular formula is C14H6N3NaO5S. The molecule has 0 N–H and O–H groups in total. The van der Waals surface area contributed by atoms with Gasteiger partial charge < -0.3 is 9.90 Å². The number of nitriles is 1. The van der Waals surface area contributed by atoms with Crippen molar-refractivity contribution in [2.75, 3.05) is 0 Å². The molecule has 10 heteroatoms. The average Bonchev–Trinajstić information content (AvgIpc) is 2.55. The number of aromatic nitrogens is 1. The maximum Gasteiger partial charge on any atom is 1.00 e. The van der Waals surface area contributed by atoms with Crippen molar-refractivity contribution >= 4 is 33.9 Å². The van der Waals surface area contributed by atoms with Crippen molar-refractivity contribution in [3.05, 3.63) is 46.9 Å². The maximum atomic E-state index is 12.2. The zero-order valence-corrected chi connectivity index (χ0v) is 15.1. The molecule has 1 aromatic rings. The molecule has 3 rings (SSSR count). The van der Waals surface area contributed by atoms with E-state index in [9.17, 15) is 23.7 Å².